The third-order valence-electron chi connectivity index (χ3n) is 4.74. The lowest BCUT2D eigenvalue weighted by Crippen LogP contribution is -2.32. The molecular weight excluding hydrogens is 370 g/mol. The molecule has 0 unspecified atom stereocenters. The summed E-state index contributed by atoms with van der Waals surface area (Å²) in [5.41, 5.74) is 4.66. The third-order valence-corrected chi connectivity index (χ3v) is 5.98. The average molecular weight is 392 g/mol. The first-order chi connectivity index (χ1) is 13.2. The van der Waals surface area contributed by atoms with Gasteiger partial charge in [-0.15, -0.1) is 11.3 Å². The number of aryl methyl sites for hydroxylation is 1. The van der Waals surface area contributed by atoms with Crippen molar-refractivity contribution in [2.24, 2.45) is 0 Å². The number of rotatable bonds is 5. The summed E-state index contributed by atoms with van der Waals surface area (Å²) < 4.78 is 0. The van der Waals surface area contributed by atoms with E-state index in [1.54, 1.807) is 11.3 Å². The molecule has 0 radical (unpaired) electrons. The zero-order valence-electron chi connectivity index (χ0n) is 15.0. The minimum absolute atomic E-state index is 0.234. The molecule has 0 aliphatic carbocycles. The van der Waals surface area contributed by atoms with Crippen LogP contribution in [0, 0.1) is 6.92 Å². The van der Waals surface area contributed by atoms with Crippen LogP contribution in [0.4, 0.5) is 5.69 Å². The number of benzene rings is 2. The molecule has 2 aromatic carbocycles. The fourth-order valence-electron chi connectivity index (χ4n) is 3.31. The van der Waals surface area contributed by atoms with E-state index in [1.165, 1.54) is 21.4 Å². The largest absolute Gasteiger partial charge is 0.361 e. The highest BCUT2D eigenvalue weighted by Crippen LogP contribution is 2.32. The van der Waals surface area contributed by atoms with E-state index in [-0.39, 0.29) is 5.92 Å². The predicted octanol–water partition coefficient (Wildman–Crippen LogP) is 5.66. The molecule has 0 aliphatic rings. The summed E-state index contributed by atoms with van der Waals surface area (Å²) in [4.78, 5) is 4.72. The average Bonchev–Trinajstić information content (AvgIpc) is 3.35. The van der Waals surface area contributed by atoms with E-state index < -0.39 is 0 Å². The van der Waals surface area contributed by atoms with Crippen molar-refractivity contribution in [1.29, 1.82) is 0 Å². The van der Waals surface area contributed by atoms with Crippen molar-refractivity contribution in [3.05, 3.63) is 88.2 Å². The Labute approximate surface area is 168 Å². The maximum atomic E-state index is 5.54. The number of anilines is 1. The molecule has 2 aromatic heterocycles. The van der Waals surface area contributed by atoms with E-state index in [2.05, 4.69) is 76.6 Å². The molecule has 3 N–H and O–H groups in total. The molecule has 4 rings (SSSR count). The Bertz CT molecular complexity index is 1050. The van der Waals surface area contributed by atoms with Gasteiger partial charge in [-0.3, -0.25) is 0 Å². The molecule has 3 nitrogen and oxygen atoms in total. The van der Waals surface area contributed by atoms with Gasteiger partial charge in [0.1, 0.15) is 0 Å². The minimum atomic E-state index is 0.234. The van der Waals surface area contributed by atoms with Gasteiger partial charge < -0.3 is 15.6 Å². The Kier molecular flexibility index (Phi) is 5.23. The van der Waals surface area contributed by atoms with Crippen molar-refractivity contribution in [3.63, 3.8) is 0 Å². The van der Waals surface area contributed by atoms with Crippen molar-refractivity contribution < 1.29 is 0 Å². The molecule has 27 heavy (non-hydrogen) atoms. The van der Waals surface area contributed by atoms with Crippen LogP contribution in [0.1, 0.15) is 21.9 Å². The molecular formula is C22H21N3S2. The Morgan fingerprint density at radius 1 is 1.07 bits per heavy atom. The number of thiocarbonyl (C=S) groups is 1. The van der Waals surface area contributed by atoms with Crippen LogP contribution >= 0.6 is 23.6 Å². The number of aromatic nitrogens is 1. The number of nitrogens with one attached hydrogen (secondary N) is 3. The highest BCUT2D eigenvalue weighted by molar-refractivity contribution is 7.80. The molecule has 0 aliphatic heterocycles. The van der Waals surface area contributed by atoms with E-state index in [1.807, 2.05) is 18.2 Å². The summed E-state index contributed by atoms with van der Waals surface area (Å²) in [7, 11) is 0. The molecule has 0 amide bonds. The van der Waals surface area contributed by atoms with Crippen molar-refractivity contribution in [3.8, 4) is 0 Å². The molecule has 5 heteroatoms. The number of para-hydroxylation sites is 2. The van der Waals surface area contributed by atoms with E-state index in [0.29, 0.717) is 5.11 Å². The van der Waals surface area contributed by atoms with Crippen LogP contribution in [0.25, 0.3) is 10.9 Å². The van der Waals surface area contributed by atoms with Crippen LogP contribution < -0.4 is 10.6 Å². The summed E-state index contributed by atoms with van der Waals surface area (Å²) in [6.07, 6.45) is 2.12. The summed E-state index contributed by atoms with van der Waals surface area (Å²) in [6, 6.07) is 20.9. The van der Waals surface area contributed by atoms with Crippen molar-refractivity contribution in [1.82, 2.24) is 10.3 Å². The summed E-state index contributed by atoms with van der Waals surface area (Å²) >= 11 is 7.32. The Morgan fingerprint density at radius 3 is 2.70 bits per heavy atom. The predicted molar refractivity (Wildman–Crippen MR) is 120 cm³/mol. The number of aromatic amines is 1. The van der Waals surface area contributed by atoms with Gasteiger partial charge in [0.2, 0.25) is 0 Å². The Hall–Kier alpha value is -2.63. The van der Waals surface area contributed by atoms with E-state index in [0.717, 1.165) is 17.7 Å². The number of hydrogen-bond donors (Lipinski definition) is 3. The lowest BCUT2D eigenvalue weighted by atomic mass is 9.97. The van der Waals surface area contributed by atoms with E-state index >= 15 is 0 Å². The highest BCUT2D eigenvalue weighted by Gasteiger charge is 2.19. The molecule has 1 atom stereocenters. The first-order valence-electron chi connectivity index (χ1n) is 8.92. The Balaban J connectivity index is 1.54. The molecule has 136 valence electrons. The SMILES string of the molecule is Cc1ccccc1NC(=S)NC[C@@H](c1cccs1)c1c[nH]c2ccccc12. The number of thiophene rings is 1. The van der Waals surface area contributed by atoms with Gasteiger partial charge in [0.25, 0.3) is 0 Å². The second kappa shape index (κ2) is 7.94. The van der Waals surface area contributed by atoms with Crippen molar-refractivity contribution >= 4 is 45.3 Å². The van der Waals surface area contributed by atoms with Crippen LogP contribution in [0.5, 0.6) is 0 Å². The monoisotopic (exact) mass is 391 g/mol. The van der Waals surface area contributed by atoms with Crippen LogP contribution in [-0.4, -0.2) is 16.6 Å². The maximum absolute atomic E-state index is 5.54. The van der Waals surface area contributed by atoms with Gasteiger partial charge in [-0.05, 0) is 53.8 Å². The van der Waals surface area contributed by atoms with Crippen molar-refractivity contribution in [2.75, 3.05) is 11.9 Å². The number of H-pyrrole nitrogens is 1. The van der Waals surface area contributed by atoms with Crippen molar-refractivity contribution in [2.45, 2.75) is 12.8 Å². The second-order valence-electron chi connectivity index (χ2n) is 6.51. The standard InChI is InChI=1S/C22H21N3S2/c1-15-7-2-4-9-19(15)25-22(26)24-14-18(21-11-6-12-27-21)17-13-23-20-10-5-3-8-16(17)20/h2-13,18,23H,14H2,1H3,(H2,24,25,26)/t18-/m1/s1. The molecule has 0 bridgehead atoms. The zero-order valence-corrected chi connectivity index (χ0v) is 16.7. The van der Waals surface area contributed by atoms with Gasteiger partial charge >= 0.3 is 0 Å². The lowest BCUT2D eigenvalue weighted by molar-refractivity contribution is 0.778. The molecule has 0 saturated carbocycles. The normalized spacial score (nSPS) is 12.0. The molecule has 2 heterocycles. The molecule has 0 spiro atoms. The lowest BCUT2D eigenvalue weighted by Gasteiger charge is -2.18. The fraction of sp³-hybridized carbons (Fsp3) is 0.136. The molecule has 0 fully saturated rings. The van der Waals surface area contributed by atoms with Gasteiger partial charge in [-0.25, -0.2) is 0 Å². The molecule has 0 saturated heterocycles. The summed E-state index contributed by atoms with van der Waals surface area (Å²) in [6.45, 7) is 2.81. The second-order valence-corrected chi connectivity index (χ2v) is 7.90. The van der Waals surface area contributed by atoms with Crippen LogP contribution in [0.2, 0.25) is 0 Å². The zero-order chi connectivity index (χ0) is 18.6. The van der Waals surface area contributed by atoms with Gasteiger partial charge in [0, 0.05) is 40.1 Å². The van der Waals surface area contributed by atoms with Gasteiger partial charge in [-0.2, -0.15) is 0 Å². The summed E-state index contributed by atoms with van der Waals surface area (Å²) in [5, 5.41) is 10.8. The Morgan fingerprint density at radius 2 is 1.89 bits per heavy atom. The van der Waals surface area contributed by atoms with E-state index in [9.17, 15) is 0 Å². The first-order valence-corrected chi connectivity index (χ1v) is 10.2. The van der Waals surface area contributed by atoms with Gasteiger partial charge in [0.05, 0.1) is 0 Å². The smallest absolute Gasteiger partial charge is 0.170 e. The minimum Gasteiger partial charge on any atom is -0.361 e. The fourth-order valence-corrected chi connectivity index (χ4v) is 4.35. The maximum Gasteiger partial charge on any atom is 0.170 e. The van der Waals surface area contributed by atoms with Gasteiger partial charge in [0.15, 0.2) is 5.11 Å². The van der Waals surface area contributed by atoms with Crippen LogP contribution in [-0.2, 0) is 0 Å². The van der Waals surface area contributed by atoms with Crippen LogP contribution in [0.3, 0.4) is 0 Å². The third kappa shape index (κ3) is 3.89. The number of fused-ring (bicyclic) bond motifs is 1. The summed E-state index contributed by atoms with van der Waals surface area (Å²) in [5.74, 6) is 0.234. The highest BCUT2D eigenvalue weighted by atomic mass is 32.1. The first kappa shape index (κ1) is 17.8. The molecule has 4 aromatic rings. The van der Waals surface area contributed by atoms with Crippen LogP contribution in [0.15, 0.2) is 72.2 Å². The van der Waals surface area contributed by atoms with Gasteiger partial charge in [-0.1, -0.05) is 42.5 Å². The van der Waals surface area contributed by atoms with E-state index in [4.69, 9.17) is 12.2 Å². The topological polar surface area (TPSA) is 39.8 Å². The number of hydrogen-bond acceptors (Lipinski definition) is 2. The quantitative estimate of drug-likeness (QED) is 0.385.